The van der Waals surface area contributed by atoms with Crippen LogP contribution in [0, 0.1) is 5.82 Å². The average molecular weight is 349 g/mol. The molecule has 0 fully saturated rings. The number of hydrogen-bond donors (Lipinski definition) is 1. The zero-order valence-corrected chi connectivity index (χ0v) is 12.3. The molecular weight excluding hydrogens is 340 g/mol. The van der Waals surface area contributed by atoms with Crippen molar-refractivity contribution >= 4 is 44.8 Å². The van der Waals surface area contributed by atoms with E-state index in [1.54, 1.807) is 12.1 Å². The molecule has 0 aliphatic rings. The van der Waals surface area contributed by atoms with Crippen molar-refractivity contribution in [1.29, 1.82) is 0 Å². The third kappa shape index (κ3) is 3.16. The Morgan fingerprint density at radius 1 is 1.17 bits per heavy atom. The van der Waals surface area contributed by atoms with Gasteiger partial charge in [-0.1, -0.05) is 51.3 Å². The standard InChI is InChI=1S/C13H9BrCl2FN/c14-10-6-9(17)5-4-8(10)7-18-12-3-1-2-11(15)13(12)16/h1-6,18H,7H2. The summed E-state index contributed by atoms with van der Waals surface area (Å²) in [5.74, 6) is -0.272. The van der Waals surface area contributed by atoms with Gasteiger partial charge in [-0.3, -0.25) is 0 Å². The van der Waals surface area contributed by atoms with Crippen LogP contribution in [0.2, 0.25) is 10.0 Å². The fourth-order valence-electron chi connectivity index (χ4n) is 1.50. The molecule has 0 aliphatic carbocycles. The third-order valence-electron chi connectivity index (χ3n) is 2.44. The van der Waals surface area contributed by atoms with Crippen LogP contribution < -0.4 is 5.32 Å². The van der Waals surface area contributed by atoms with E-state index in [0.717, 1.165) is 11.3 Å². The van der Waals surface area contributed by atoms with Crippen molar-refractivity contribution in [3.63, 3.8) is 0 Å². The molecule has 1 nitrogen and oxygen atoms in total. The summed E-state index contributed by atoms with van der Waals surface area (Å²) in [6.45, 7) is 0.529. The minimum Gasteiger partial charge on any atom is -0.380 e. The molecule has 0 bridgehead atoms. The topological polar surface area (TPSA) is 12.0 Å². The van der Waals surface area contributed by atoms with Crippen LogP contribution in [-0.2, 0) is 6.54 Å². The predicted molar refractivity (Wildman–Crippen MR) is 77.9 cm³/mol. The lowest BCUT2D eigenvalue weighted by molar-refractivity contribution is 0.626. The Morgan fingerprint density at radius 2 is 1.94 bits per heavy atom. The van der Waals surface area contributed by atoms with E-state index < -0.39 is 0 Å². The van der Waals surface area contributed by atoms with Crippen LogP contribution in [0.1, 0.15) is 5.56 Å². The van der Waals surface area contributed by atoms with Gasteiger partial charge in [0.15, 0.2) is 0 Å². The second-order valence-corrected chi connectivity index (χ2v) is 5.33. The Hall–Kier alpha value is -0.770. The fraction of sp³-hybridized carbons (Fsp3) is 0.0769. The predicted octanol–water partition coefficient (Wildman–Crippen LogP) is 5.51. The highest BCUT2D eigenvalue weighted by atomic mass is 79.9. The molecule has 18 heavy (non-hydrogen) atoms. The smallest absolute Gasteiger partial charge is 0.124 e. The zero-order chi connectivity index (χ0) is 13.1. The molecule has 0 aliphatic heterocycles. The number of nitrogens with one attached hydrogen (secondary N) is 1. The Bertz CT molecular complexity index is 575. The Morgan fingerprint density at radius 3 is 2.67 bits per heavy atom. The molecule has 0 aromatic heterocycles. The highest BCUT2D eigenvalue weighted by Crippen LogP contribution is 2.30. The largest absolute Gasteiger partial charge is 0.380 e. The number of hydrogen-bond acceptors (Lipinski definition) is 1. The summed E-state index contributed by atoms with van der Waals surface area (Å²) in [6.07, 6.45) is 0. The average Bonchev–Trinajstić information content (AvgIpc) is 2.33. The summed E-state index contributed by atoms with van der Waals surface area (Å²) in [4.78, 5) is 0. The number of anilines is 1. The van der Waals surface area contributed by atoms with E-state index in [2.05, 4.69) is 21.2 Å². The zero-order valence-electron chi connectivity index (χ0n) is 9.18. The van der Waals surface area contributed by atoms with Gasteiger partial charge in [0.2, 0.25) is 0 Å². The van der Waals surface area contributed by atoms with Crippen LogP contribution in [0.4, 0.5) is 10.1 Å². The molecule has 0 radical (unpaired) electrons. The van der Waals surface area contributed by atoms with E-state index in [0.29, 0.717) is 21.1 Å². The molecule has 0 spiro atoms. The van der Waals surface area contributed by atoms with Gasteiger partial charge in [-0.2, -0.15) is 0 Å². The van der Waals surface area contributed by atoms with Gasteiger partial charge in [0.05, 0.1) is 15.7 Å². The SMILES string of the molecule is Fc1ccc(CNc2cccc(Cl)c2Cl)c(Br)c1. The highest BCUT2D eigenvalue weighted by Gasteiger charge is 2.05. The van der Waals surface area contributed by atoms with Crippen LogP contribution in [0.15, 0.2) is 40.9 Å². The van der Waals surface area contributed by atoms with Gasteiger partial charge in [0, 0.05) is 11.0 Å². The van der Waals surface area contributed by atoms with Crippen molar-refractivity contribution in [3.8, 4) is 0 Å². The van der Waals surface area contributed by atoms with Crippen molar-refractivity contribution in [2.45, 2.75) is 6.54 Å². The van der Waals surface area contributed by atoms with Crippen LogP contribution in [-0.4, -0.2) is 0 Å². The van der Waals surface area contributed by atoms with Crippen LogP contribution in [0.25, 0.3) is 0 Å². The molecule has 0 atom stereocenters. The maximum atomic E-state index is 12.9. The van der Waals surface area contributed by atoms with Gasteiger partial charge in [-0.15, -0.1) is 0 Å². The molecule has 0 heterocycles. The van der Waals surface area contributed by atoms with Crippen molar-refractivity contribution in [2.75, 3.05) is 5.32 Å². The van der Waals surface area contributed by atoms with E-state index in [9.17, 15) is 4.39 Å². The van der Waals surface area contributed by atoms with Crippen molar-refractivity contribution < 1.29 is 4.39 Å². The number of rotatable bonds is 3. The molecule has 1 N–H and O–H groups in total. The minimum absolute atomic E-state index is 0.272. The second kappa shape index (κ2) is 5.91. The Kier molecular flexibility index (Phi) is 4.49. The third-order valence-corrected chi connectivity index (χ3v) is 3.99. The van der Waals surface area contributed by atoms with Crippen molar-refractivity contribution in [3.05, 3.63) is 62.3 Å². The lowest BCUT2D eigenvalue weighted by Crippen LogP contribution is -2.01. The lowest BCUT2D eigenvalue weighted by Gasteiger charge is -2.10. The summed E-state index contributed by atoms with van der Waals surface area (Å²) in [6, 6.07) is 9.94. The maximum absolute atomic E-state index is 12.9. The summed E-state index contributed by atoms with van der Waals surface area (Å²) >= 11 is 15.3. The van der Waals surface area contributed by atoms with Crippen LogP contribution in [0.5, 0.6) is 0 Å². The van der Waals surface area contributed by atoms with E-state index in [-0.39, 0.29) is 5.82 Å². The molecule has 0 unspecified atom stereocenters. The normalized spacial score (nSPS) is 10.4. The molecule has 94 valence electrons. The van der Waals surface area contributed by atoms with Gasteiger partial charge >= 0.3 is 0 Å². The van der Waals surface area contributed by atoms with E-state index >= 15 is 0 Å². The quantitative estimate of drug-likeness (QED) is 0.771. The highest BCUT2D eigenvalue weighted by molar-refractivity contribution is 9.10. The number of halogens is 4. The molecule has 2 rings (SSSR count). The van der Waals surface area contributed by atoms with Crippen molar-refractivity contribution in [2.24, 2.45) is 0 Å². The van der Waals surface area contributed by atoms with Crippen molar-refractivity contribution in [1.82, 2.24) is 0 Å². The number of benzene rings is 2. The summed E-state index contributed by atoms with van der Waals surface area (Å²) < 4.78 is 13.7. The molecule has 5 heteroatoms. The molecule has 0 amide bonds. The van der Waals surface area contributed by atoms with Gasteiger partial charge in [-0.25, -0.2) is 4.39 Å². The summed E-state index contributed by atoms with van der Waals surface area (Å²) in [7, 11) is 0. The molecular formula is C13H9BrCl2FN. The van der Waals surface area contributed by atoms with E-state index in [1.165, 1.54) is 12.1 Å². The van der Waals surface area contributed by atoms with Gasteiger partial charge in [-0.05, 0) is 29.8 Å². The first-order chi connectivity index (χ1) is 8.58. The fourth-order valence-corrected chi connectivity index (χ4v) is 2.35. The summed E-state index contributed by atoms with van der Waals surface area (Å²) in [5, 5.41) is 4.15. The van der Waals surface area contributed by atoms with E-state index in [1.807, 2.05) is 12.1 Å². The van der Waals surface area contributed by atoms with Crippen LogP contribution >= 0.6 is 39.1 Å². The van der Waals surface area contributed by atoms with Gasteiger partial charge in [0.1, 0.15) is 5.82 Å². The van der Waals surface area contributed by atoms with Gasteiger partial charge in [0.25, 0.3) is 0 Å². The molecule has 2 aromatic rings. The first-order valence-corrected chi connectivity index (χ1v) is 6.74. The second-order valence-electron chi connectivity index (χ2n) is 3.69. The first-order valence-electron chi connectivity index (χ1n) is 5.20. The van der Waals surface area contributed by atoms with E-state index in [4.69, 9.17) is 23.2 Å². The molecule has 0 saturated heterocycles. The molecule has 2 aromatic carbocycles. The van der Waals surface area contributed by atoms with Crippen LogP contribution in [0.3, 0.4) is 0 Å². The van der Waals surface area contributed by atoms with Gasteiger partial charge < -0.3 is 5.32 Å². The summed E-state index contributed by atoms with van der Waals surface area (Å²) in [5.41, 5.74) is 1.69. The minimum atomic E-state index is -0.272. The maximum Gasteiger partial charge on any atom is 0.124 e. The molecule has 0 saturated carbocycles. The first kappa shape index (κ1) is 13.7. The monoisotopic (exact) mass is 347 g/mol. The Labute approximate surface area is 123 Å². The lowest BCUT2D eigenvalue weighted by atomic mass is 10.2. The Balaban J connectivity index is 2.14.